The zero-order valence-corrected chi connectivity index (χ0v) is 18.7. The van der Waals surface area contributed by atoms with Crippen molar-refractivity contribution in [3.05, 3.63) is 40.3 Å². The third kappa shape index (κ3) is 6.20. The number of benzene rings is 1. The average Bonchev–Trinajstić information content (AvgIpc) is 3.14. The second kappa shape index (κ2) is 10.3. The molecule has 9 heteroatoms. The van der Waals surface area contributed by atoms with E-state index in [0.717, 1.165) is 0 Å². The van der Waals surface area contributed by atoms with Crippen molar-refractivity contribution in [1.29, 1.82) is 0 Å². The summed E-state index contributed by atoms with van der Waals surface area (Å²) in [6.45, 7) is 6.86. The first-order chi connectivity index (χ1) is 14.3. The second-order valence-corrected chi connectivity index (χ2v) is 8.47. The second-order valence-electron chi connectivity index (χ2n) is 7.62. The Labute approximate surface area is 186 Å². The van der Waals surface area contributed by atoms with Crippen molar-refractivity contribution in [2.75, 3.05) is 32.7 Å². The van der Waals surface area contributed by atoms with E-state index >= 15 is 0 Å². The zero-order chi connectivity index (χ0) is 21.7. The highest BCUT2D eigenvalue weighted by molar-refractivity contribution is 6.36. The van der Waals surface area contributed by atoms with E-state index in [0.29, 0.717) is 72.8 Å². The fourth-order valence-corrected chi connectivity index (χ4v) is 3.84. The third-order valence-corrected chi connectivity index (χ3v) is 5.39. The molecule has 30 heavy (non-hydrogen) atoms. The minimum Gasteiger partial charge on any atom is -0.441 e. The topological polar surface area (TPSA) is 78.7 Å². The van der Waals surface area contributed by atoms with Gasteiger partial charge < -0.3 is 14.6 Å². The first-order valence-electron chi connectivity index (χ1n) is 10.0. The van der Waals surface area contributed by atoms with E-state index in [1.54, 1.807) is 24.4 Å². The van der Waals surface area contributed by atoms with Crippen LogP contribution >= 0.6 is 23.2 Å². The van der Waals surface area contributed by atoms with Crippen molar-refractivity contribution in [3.63, 3.8) is 0 Å². The molecule has 1 aromatic carbocycles. The molecule has 0 spiro atoms. The number of oxazole rings is 1. The Morgan fingerprint density at radius 3 is 2.60 bits per heavy atom. The van der Waals surface area contributed by atoms with Crippen LogP contribution in [0.2, 0.25) is 10.0 Å². The van der Waals surface area contributed by atoms with E-state index in [-0.39, 0.29) is 17.9 Å². The molecule has 1 fully saturated rings. The zero-order valence-electron chi connectivity index (χ0n) is 17.2. The summed E-state index contributed by atoms with van der Waals surface area (Å²) >= 11 is 12.1. The number of aryl methyl sites for hydroxylation is 1. The van der Waals surface area contributed by atoms with Crippen molar-refractivity contribution < 1.29 is 14.0 Å². The summed E-state index contributed by atoms with van der Waals surface area (Å²) in [5.41, 5.74) is 0.712. The van der Waals surface area contributed by atoms with Gasteiger partial charge in [0, 0.05) is 55.6 Å². The lowest BCUT2D eigenvalue weighted by molar-refractivity contribution is -0.133. The third-order valence-electron chi connectivity index (χ3n) is 4.84. The van der Waals surface area contributed by atoms with Gasteiger partial charge in [-0.05, 0) is 32.0 Å². The van der Waals surface area contributed by atoms with E-state index in [2.05, 4.69) is 15.2 Å². The highest BCUT2D eigenvalue weighted by atomic mass is 35.5. The molecule has 3 rings (SSSR count). The van der Waals surface area contributed by atoms with Crippen molar-refractivity contribution in [2.45, 2.75) is 32.7 Å². The number of carbonyl (C=O) groups is 2. The van der Waals surface area contributed by atoms with Gasteiger partial charge in [-0.25, -0.2) is 4.98 Å². The molecule has 1 N–H and O–H groups in total. The van der Waals surface area contributed by atoms with Crippen LogP contribution in [0.3, 0.4) is 0 Å². The Hall–Kier alpha value is -2.09. The van der Waals surface area contributed by atoms with Crippen LogP contribution in [0, 0.1) is 0 Å². The lowest BCUT2D eigenvalue weighted by atomic mass is 10.2. The number of nitrogens with one attached hydrogen (secondary N) is 1. The van der Waals surface area contributed by atoms with Gasteiger partial charge in [-0.1, -0.05) is 23.2 Å². The molecule has 1 aliphatic heterocycles. The van der Waals surface area contributed by atoms with Crippen molar-refractivity contribution in [2.24, 2.45) is 0 Å². The molecule has 162 valence electrons. The van der Waals surface area contributed by atoms with Crippen LogP contribution in [0.25, 0.3) is 11.3 Å². The van der Waals surface area contributed by atoms with E-state index in [1.807, 2.05) is 18.7 Å². The maximum absolute atomic E-state index is 12.5. The minimum absolute atomic E-state index is 0.0188. The maximum Gasteiger partial charge on any atom is 0.234 e. The smallest absolute Gasteiger partial charge is 0.234 e. The predicted molar refractivity (Wildman–Crippen MR) is 117 cm³/mol. The lowest BCUT2D eigenvalue weighted by Crippen LogP contribution is -2.51. The first kappa shape index (κ1) is 22.6. The lowest BCUT2D eigenvalue weighted by Gasteiger charge is -2.34. The van der Waals surface area contributed by atoms with Gasteiger partial charge >= 0.3 is 0 Å². The molecule has 7 nitrogen and oxygen atoms in total. The molecule has 0 aliphatic carbocycles. The number of piperazine rings is 1. The van der Waals surface area contributed by atoms with Crippen LogP contribution in [-0.4, -0.2) is 65.4 Å². The number of aromatic nitrogens is 1. The molecule has 0 saturated carbocycles. The maximum atomic E-state index is 12.5. The fourth-order valence-electron chi connectivity index (χ4n) is 3.34. The van der Waals surface area contributed by atoms with E-state index < -0.39 is 0 Å². The van der Waals surface area contributed by atoms with Gasteiger partial charge in [0.2, 0.25) is 11.8 Å². The van der Waals surface area contributed by atoms with Crippen LogP contribution < -0.4 is 5.32 Å². The van der Waals surface area contributed by atoms with Gasteiger partial charge in [0.05, 0.1) is 17.8 Å². The minimum atomic E-state index is 0.0188. The molecule has 2 amide bonds. The van der Waals surface area contributed by atoms with E-state index in [9.17, 15) is 9.59 Å². The Morgan fingerprint density at radius 2 is 1.93 bits per heavy atom. The molecule has 0 atom stereocenters. The fraction of sp³-hybridized carbons (Fsp3) is 0.476. The summed E-state index contributed by atoms with van der Waals surface area (Å²) in [6, 6.07) is 5.30. The molecule has 1 aliphatic rings. The van der Waals surface area contributed by atoms with Gasteiger partial charge in [0.1, 0.15) is 0 Å². The highest BCUT2D eigenvalue weighted by Gasteiger charge is 2.23. The number of amides is 2. The van der Waals surface area contributed by atoms with Crippen molar-refractivity contribution in [3.8, 4) is 11.3 Å². The van der Waals surface area contributed by atoms with Crippen LogP contribution in [0.5, 0.6) is 0 Å². The van der Waals surface area contributed by atoms with Gasteiger partial charge in [-0.15, -0.1) is 0 Å². The molecule has 1 saturated heterocycles. The monoisotopic (exact) mass is 452 g/mol. The SMILES string of the molecule is CC(C)NC(=O)CN1CCN(C(=O)CCc2ncc(-c3ccc(Cl)cc3Cl)o2)CC1. The summed E-state index contributed by atoms with van der Waals surface area (Å²) in [6.07, 6.45) is 2.35. The quantitative estimate of drug-likeness (QED) is 0.697. The number of halogens is 2. The molecule has 0 bridgehead atoms. The predicted octanol–water partition coefficient (Wildman–Crippen LogP) is 3.25. The van der Waals surface area contributed by atoms with E-state index in [1.165, 1.54) is 0 Å². The van der Waals surface area contributed by atoms with Crippen LogP contribution in [0.4, 0.5) is 0 Å². The molecule has 2 heterocycles. The average molecular weight is 453 g/mol. The normalized spacial score (nSPS) is 14.9. The molecule has 0 unspecified atom stereocenters. The standard InChI is InChI=1S/C21H26Cl2N4O3/c1-14(2)25-19(28)13-26-7-9-27(10-8-26)21(29)6-5-20-24-12-18(30-20)16-4-3-15(22)11-17(16)23/h3-4,11-12,14H,5-10,13H2,1-2H3,(H,25,28). The summed E-state index contributed by atoms with van der Waals surface area (Å²) in [7, 11) is 0. The molecular formula is C21H26Cl2N4O3. The molecule has 1 aromatic heterocycles. The summed E-state index contributed by atoms with van der Waals surface area (Å²) in [5, 5.41) is 3.93. The summed E-state index contributed by atoms with van der Waals surface area (Å²) < 4.78 is 5.76. The van der Waals surface area contributed by atoms with Crippen molar-refractivity contribution >= 4 is 35.0 Å². The van der Waals surface area contributed by atoms with Gasteiger partial charge in [-0.3, -0.25) is 14.5 Å². The largest absolute Gasteiger partial charge is 0.441 e. The van der Waals surface area contributed by atoms with Crippen LogP contribution in [0.1, 0.15) is 26.2 Å². The number of nitrogens with zero attached hydrogens (tertiary/aromatic N) is 3. The number of rotatable bonds is 7. The van der Waals surface area contributed by atoms with Crippen LogP contribution in [0.15, 0.2) is 28.8 Å². The Kier molecular flexibility index (Phi) is 7.75. The Balaban J connectivity index is 1.45. The molecule has 0 radical (unpaired) electrons. The summed E-state index contributed by atoms with van der Waals surface area (Å²) in [5.74, 6) is 1.12. The van der Waals surface area contributed by atoms with Crippen LogP contribution in [-0.2, 0) is 16.0 Å². The Morgan fingerprint density at radius 1 is 1.20 bits per heavy atom. The Bertz CT molecular complexity index is 892. The molecule has 2 aromatic rings. The first-order valence-corrected chi connectivity index (χ1v) is 10.8. The van der Waals surface area contributed by atoms with Gasteiger partial charge in [0.15, 0.2) is 11.7 Å². The number of hydrogen-bond donors (Lipinski definition) is 1. The van der Waals surface area contributed by atoms with E-state index in [4.69, 9.17) is 27.6 Å². The van der Waals surface area contributed by atoms with Gasteiger partial charge in [0.25, 0.3) is 0 Å². The highest BCUT2D eigenvalue weighted by Crippen LogP contribution is 2.30. The number of carbonyl (C=O) groups excluding carboxylic acids is 2. The van der Waals surface area contributed by atoms with Gasteiger partial charge in [-0.2, -0.15) is 0 Å². The van der Waals surface area contributed by atoms with Crippen molar-refractivity contribution in [1.82, 2.24) is 20.1 Å². The molecular weight excluding hydrogens is 427 g/mol. The summed E-state index contributed by atoms with van der Waals surface area (Å²) in [4.78, 5) is 32.6. The number of hydrogen-bond acceptors (Lipinski definition) is 5.